The van der Waals surface area contributed by atoms with E-state index in [1.807, 2.05) is 0 Å². The van der Waals surface area contributed by atoms with E-state index in [0.29, 0.717) is 17.6 Å². The summed E-state index contributed by atoms with van der Waals surface area (Å²) in [6, 6.07) is 5.90. The van der Waals surface area contributed by atoms with Gasteiger partial charge >= 0.3 is 0 Å². The minimum Gasteiger partial charge on any atom is -0.507 e. The Morgan fingerprint density at radius 2 is 2.17 bits per heavy atom. The van der Waals surface area contributed by atoms with Gasteiger partial charge in [0.15, 0.2) is 0 Å². The molecule has 6 heteroatoms. The van der Waals surface area contributed by atoms with Crippen LogP contribution in [0.25, 0.3) is 11.3 Å². The number of anilines is 1. The molecular formula is C17H15ClFN3O. The lowest BCUT2D eigenvalue weighted by Crippen LogP contribution is -2.30. The number of pyridine rings is 1. The number of hydrogen-bond donors (Lipinski definition) is 1. The molecule has 1 aliphatic carbocycles. The van der Waals surface area contributed by atoms with Gasteiger partial charge in [0.1, 0.15) is 24.1 Å². The zero-order valence-electron chi connectivity index (χ0n) is 12.3. The third-order valence-corrected chi connectivity index (χ3v) is 4.46. The van der Waals surface area contributed by atoms with Crippen LogP contribution in [0.2, 0.25) is 5.02 Å². The van der Waals surface area contributed by atoms with E-state index in [2.05, 4.69) is 14.9 Å². The van der Waals surface area contributed by atoms with Crippen LogP contribution >= 0.6 is 11.6 Å². The van der Waals surface area contributed by atoms with Crippen molar-refractivity contribution in [3.8, 4) is 17.0 Å². The Morgan fingerprint density at radius 3 is 2.91 bits per heavy atom. The summed E-state index contributed by atoms with van der Waals surface area (Å²) in [6.45, 7) is 1.43. The minimum absolute atomic E-state index is 0.0363. The molecule has 1 fully saturated rings. The van der Waals surface area contributed by atoms with Gasteiger partial charge in [0.2, 0.25) is 0 Å². The summed E-state index contributed by atoms with van der Waals surface area (Å²) in [5, 5.41) is 10.3. The first-order chi connectivity index (χ1) is 11.1. The number of fused-ring (bicyclic) bond motifs is 1. The fourth-order valence-electron chi connectivity index (χ4n) is 2.83. The molecule has 0 amide bonds. The largest absolute Gasteiger partial charge is 0.507 e. The van der Waals surface area contributed by atoms with E-state index >= 15 is 0 Å². The molecular weight excluding hydrogens is 317 g/mol. The molecule has 4 nitrogen and oxygen atoms in total. The van der Waals surface area contributed by atoms with Crippen molar-refractivity contribution in [2.24, 2.45) is 10.9 Å². The average molecular weight is 332 g/mol. The monoisotopic (exact) mass is 331 g/mol. The highest BCUT2D eigenvalue weighted by Gasteiger charge is 2.28. The Kier molecular flexibility index (Phi) is 3.45. The number of halogens is 2. The van der Waals surface area contributed by atoms with Crippen LogP contribution in [0.1, 0.15) is 18.4 Å². The van der Waals surface area contributed by atoms with Crippen molar-refractivity contribution >= 4 is 23.6 Å². The SMILES string of the molecule is Oc1cccc(F)c1-c1nc2c(cc1Cl)C=NCN2CC1CC1. The number of aliphatic imine (C=N–C) groups is 1. The molecule has 1 aromatic carbocycles. The highest BCUT2D eigenvalue weighted by Crippen LogP contribution is 2.39. The number of phenolic OH excluding ortho intramolecular Hbond substituents is 1. The first-order valence-electron chi connectivity index (χ1n) is 7.56. The molecule has 1 aliphatic heterocycles. The van der Waals surface area contributed by atoms with Crippen LogP contribution in [-0.4, -0.2) is 29.5 Å². The van der Waals surface area contributed by atoms with Crippen molar-refractivity contribution in [2.75, 3.05) is 18.1 Å². The Morgan fingerprint density at radius 1 is 1.35 bits per heavy atom. The molecule has 1 saturated carbocycles. The van der Waals surface area contributed by atoms with Crippen LogP contribution < -0.4 is 4.90 Å². The lowest BCUT2D eigenvalue weighted by Gasteiger charge is -2.27. The Balaban J connectivity index is 1.84. The van der Waals surface area contributed by atoms with Crippen molar-refractivity contribution in [1.82, 2.24) is 4.98 Å². The first-order valence-corrected chi connectivity index (χ1v) is 7.94. The third-order valence-electron chi connectivity index (χ3n) is 4.17. The zero-order chi connectivity index (χ0) is 16.0. The highest BCUT2D eigenvalue weighted by atomic mass is 35.5. The summed E-state index contributed by atoms with van der Waals surface area (Å²) in [5.41, 5.74) is 1.12. The van der Waals surface area contributed by atoms with E-state index in [0.717, 1.165) is 17.9 Å². The van der Waals surface area contributed by atoms with Gasteiger partial charge in [-0.3, -0.25) is 4.99 Å². The Bertz CT molecular complexity index is 784. The van der Waals surface area contributed by atoms with Gasteiger partial charge in [-0.25, -0.2) is 9.37 Å². The van der Waals surface area contributed by atoms with Crippen LogP contribution in [0.5, 0.6) is 5.75 Å². The van der Waals surface area contributed by atoms with Crippen molar-refractivity contribution < 1.29 is 9.50 Å². The summed E-state index contributed by atoms with van der Waals surface area (Å²) in [5.74, 6) is 0.711. The van der Waals surface area contributed by atoms with Crippen LogP contribution in [0.4, 0.5) is 10.2 Å². The summed E-state index contributed by atoms with van der Waals surface area (Å²) in [6.07, 6.45) is 4.19. The van der Waals surface area contributed by atoms with Gasteiger partial charge in [0.25, 0.3) is 0 Å². The topological polar surface area (TPSA) is 48.7 Å². The maximum atomic E-state index is 14.2. The molecule has 0 spiro atoms. The number of phenols is 1. The van der Waals surface area contributed by atoms with E-state index < -0.39 is 5.82 Å². The molecule has 2 aromatic rings. The molecule has 4 rings (SSSR count). The number of benzene rings is 1. The quantitative estimate of drug-likeness (QED) is 0.929. The number of aromatic hydroxyl groups is 1. The Hall–Kier alpha value is -2.14. The fraction of sp³-hybridized carbons (Fsp3) is 0.294. The van der Waals surface area contributed by atoms with Gasteiger partial charge in [-0.15, -0.1) is 0 Å². The van der Waals surface area contributed by atoms with Gasteiger partial charge in [-0.05, 0) is 37.0 Å². The molecule has 2 heterocycles. The Labute approximate surface area is 138 Å². The molecule has 0 atom stereocenters. The van der Waals surface area contributed by atoms with E-state index in [-0.39, 0.29) is 17.0 Å². The maximum Gasteiger partial charge on any atom is 0.139 e. The molecule has 0 unspecified atom stereocenters. The normalized spacial score (nSPS) is 16.5. The predicted molar refractivity (Wildman–Crippen MR) is 88.8 cm³/mol. The van der Waals surface area contributed by atoms with E-state index in [1.54, 1.807) is 12.3 Å². The van der Waals surface area contributed by atoms with Crippen LogP contribution in [-0.2, 0) is 0 Å². The van der Waals surface area contributed by atoms with Gasteiger partial charge < -0.3 is 10.0 Å². The van der Waals surface area contributed by atoms with Crippen molar-refractivity contribution in [1.29, 1.82) is 0 Å². The van der Waals surface area contributed by atoms with Crippen LogP contribution in [0.3, 0.4) is 0 Å². The summed E-state index contributed by atoms with van der Waals surface area (Å²) >= 11 is 6.29. The number of aromatic nitrogens is 1. The predicted octanol–water partition coefficient (Wildman–Crippen LogP) is 3.85. The number of nitrogens with zero attached hydrogens (tertiary/aromatic N) is 3. The third kappa shape index (κ3) is 2.65. The zero-order valence-corrected chi connectivity index (χ0v) is 13.1. The molecule has 1 N–H and O–H groups in total. The van der Waals surface area contributed by atoms with Gasteiger partial charge in [-0.2, -0.15) is 0 Å². The second-order valence-corrected chi connectivity index (χ2v) is 6.39. The minimum atomic E-state index is -0.544. The molecule has 0 bridgehead atoms. The van der Waals surface area contributed by atoms with Gasteiger partial charge in [-0.1, -0.05) is 17.7 Å². The molecule has 1 aromatic heterocycles. The number of hydrogen-bond acceptors (Lipinski definition) is 4. The summed E-state index contributed by atoms with van der Waals surface area (Å²) < 4.78 is 14.2. The molecule has 0 radical (unpaired) electrons. The van der Waals surface area contributed by atoms with E-state index in [9.17, 15) is 9.50 Å². The van der Waals surface area contributed by atoms with Crippen LogP contribution in [0, 0.1) is 11.7 Å². The summed E-state index contributed by atoms with van der Waals surface area (Å²) in [4.78, 5) is 11.0. The van der Waals surface area contributed by atoms with Crippen LogP contribution in [0.15, 0.2) is 29.3 Å². The lowest BCUT2D eigenvalue weighted by atomic mass is 10.1. The summed E-state index contributed by atoms with van der Waals surface area (Å²) in [7, 11) is 0. The maximum absolute atomic E-state index is 14.2. The fourth-order valence-corrected chi connectivity index (χ4v) is 3.08. The second kappa shape index (κ2) is 5.49. The van der Waals surface area contributed by atoms with Crippen molar-refractivity contribution in [2.45, 2.75) is 12.8 Å². The van der Waals surface area contributed by atoms with E-state index in [1.165, 1.54) is 31.0 Å². The standard InChI is InChI=1S/C17H15ClFN3O/c18-12-6-11-7-20-9-22(8-10-4-5-10)17(11)21-16(12)15-13(19)2-1-3-14(15)23/h1-3,6-7,10,23H,4-5,8-9H2. The molecule has 118 valence electrons. The second-order valence-electron chi connectivity index (χ2n) is 5.98. The van der Waals surface area contributed by atoms with E-state index in [4.69, 9.17) is 11.6 Å². The van der Waals surface area contributed by atoms with Crippen molar-refractivity contribution in [3.05, 3.63) is 40.7 Å². The van der Waals surface area contributed by atoms with Gasteiger partial charge in [0, 0.05) is 18.3 Å². The highest BCUT2D eigenvalue weighted by molar-refractivity contribution is 6.33. The molecule has 0 saturated heterocycles. The number of rotatable bonds is 3. The van der Waals surface area contributed by atoms with Gasteiger partial charge in [0.05, 0.1) is 16.3 Å². The average Bonchev–Trinajstić information content (AvgIpc) is 3.32. The molecule has 23 heavy (non-hydrogen) atoms. The first kappa shape index (κ1) is 14.5. The lowest BCUT2D eigenvalue weighted by molar-refractivity contribution is 0.471. The van der Waals surface area contributed by atoms with Crippen molar-refractivity contribution in [3.63, 3.8) is 0 Å². The molecule has 2 aliphatic rings. The smallest absolute Gasteiger partial charge is 0.139 e.